The van der Waals surface area contributed by atoms with Crippen LogP contribution in [0.2, 0.25) is 0 Å². The van der Waals surface area contributed by atoms with Crippen molar-refractivity contribution in [1.82, 2.24) is 4.90 Å². The van der Waals surface area contributed by atoms with Gasteiger partial charge >= 0.3 is 0 Å². The maximum Gasteiger partial charge on any atom is 0.289 e. The molecule has 15 heavy (non-hydrogen) atoms. The number of carbonyl (C=O) groups excluding carboxylic acids is 1. The van der Waals surface area contributed by atoms with E-state index in [1.54, 1.807) is 17.0 Å². The molecule has 1 saturated heterocycles. The molecular formula is C11H15NO3. The summed E-state index contributed by atoms with van der Waals surface area (Å²) in [7, 11) is 0. The first-order valence-corrected chi connectivity index (χ1v) is 5.14. The third-order valence-electron chi connectivity index (χ3n) is 2.48. The lowest BCUT2D eigenvalue weighted by Crippen LogP contribution is -2.44. The Bertz CT molecular complexity index is 358. The lowest BCUT2D eigenvalue weighted by molar-refractivity contribution is -0.0135. The number of furan rings is 1. The van der Waals surface area contributed by atoms with Crippen LogP contribution in [0.25, 0.3) is 0 Å². The monoisotopic (exact) mass is 209 g/mol. The van der Waals surface area contributed by atoms with Gasteiger partial charge in [-0.3, -0.25) is 4.79 Å². The van der Waals surface area contributed by atoms with Crippen molar-refractivity contribution in [2.75, 3.05) is 19.7 Å². The van der Waals surface area contributed by atoms with Crippen molar-refractivity contribution < 1.29 is 13.9 Å². The molecule has 0 N–H and O–H groups in total. The van der Waals surface area contributed by atoms with E-state index in [4.69, 9.17) is 9.15 Å². The Balaban J connectivity index is 2.07. The molecule has 2 rings (SSSR count). The normalized spacial score (nSPS) is 21.7. The minimum Gasteiger partial charge on any atom is -0.456 e. The number of nitrogens with zero attached hydrogens (tertiary/aromatic N) is 1. The largest absolute Gasteiger partial charge is 0.456 e. The van der Waals surface area contributed by atoms with Gasteiger partial charge in [0, 0.05) is 13.1 Å². The Kier molecular flexibility index (Phi) is 2.77. The highest BCUT2D eigenvalue weighted by Gasteiger charge is 2.24. The molecule has 2 heterocycles. The third kappa shape index (κ3) is 2.21. The number of ether oxygens (including phenoxy) is 1. The molecule has 4 nitrogen and oxygen atoms in total. The molecule has 0 bridgehead atoms. The van der Waals surface area contributed by atoms with Gasteiger partial charge in [-0.1, -0.05) is 0 Å². The maximum absolute atomic E-state index is 11.9. The second kappa shape index (κ2) is 4.06. The molecule has 0 spiro atoms. The molecule has 1 aromatic heterocycles. The van der Waals surface area contributed by atoms with Crippen LogP contribution in [-0.2, 0) is 4.74 Å². The zero-order chi connectivity index (χ0) is 10.8. The van der Waals surface area contributed by atoms with Crippen LogP contribution < -0.4 is 0 Å². The average Bonchev–Trinajstić information content (AvgIpc) is 2.64. The van der Waals surface area contributed by atoms with Gasteiger partial charge in [0.25, 0.3) is 5.91 Å². The van der Waals surface area contributed by atoms with Crippen LogP contribution in [0.15, 0.2) is 16.5 Å². The van der Waals surface area contributed by atoms with Gasteiger partial charge in [-0.05, 0) is 26.0 Å². The highest BCUT2D eigenvalue weighted by Crippen LogP contribution is 2.12. The zero-order valence-electron chi connectivity index (χ0n) is 9.03. The average molecular weight is 209 g/mol. The third-order valence-corrected chi connectivity index (χ3v) is 2.48. The summed E-state index contributed by atoms with van der Waals surface area (Å²) in [5.74, 6) is 1.14. The number of hydrogen-bond donors (Lipinski definition) is 0. The van der Waals surface area contributed by atoms with Crippen molar-refractivity contribution in [2.24, 2.45) is 0 Å². The van der Waals surface area contributed by atoms with Crippen LogP contribution >= 0.6 is 0 Å². The fraction of sp³-hybridized carbons (Fsp3) is 0.545. The molecule has 1 aliphatic heterocycles. The minimum atomic E-state index is -0.0433. The van der Waals surface area contributed by atoms with E-state index in [1.165, 1.54) is 0 Å². The van der Waals surface area contributed by atoms with E-state index in [9.17, 15) is 4.79 Å². The fourth-order valence-corrected chi connectivity index (χ4v) is 1.71. The molecule has 1 unspecified atom stereocenters. The van der Waals surface area contributed by atoms with Gasteiger partial charge in [0.15, 0.2) is 5.76 Å². The van der Waals surface area contributed by atoms with Crippen molar-refractivity contribution >= 4 is 5.91 Å². The van der Waals surface area contributed by atoms with Crippen molar-refractivity contribution in [3.63, 3.8) is 0 Å². The van der Waals surface area contributed by atoms with Gasteiger partial charge in [-0.2, -0.15) is 0 Å². The summed E-state index contributed by atoms with van der Waals surface area (Å²) in [5, 5.41) is 0. The van der Waals surface area contributed by atoms with Crippen molar-refractivity contribution in [3.8, 4) is 0 Å². The summed E-state index contributed by atoms with van der Waals surface area (Å²) < 4.78 is 10.7. The molecule has 0 radical (unpaired) electrons. The van der Waals surface area contributed by atoms with E-state index < -0.39 is 0 Å². The number of amides is 1. The molecule has 0 aromatic carbocycles. The van der Waals surface area contributed by atoms with Crippen LogP contribution in [0.3, 0.4) is 0 Å². The molecule has 1 aromatic rings. The van der Waals surface area contributed by atoms with Gasteiger partial charge in [0.05, 0.1) is 12.7 Å². The van der Waals surface area contributed by atoms with E-state index in [-0.39, 0.29) is 12.0 Å². The topological polar surface area (TPSA) is 42.7 Å². The van der Waals surface area contributed by atoms with E-state index >= 15 is 0 Å². The quantitative estimate of drug-likeness (QED) is 0.703. The molecule has 1 atom stereocenters. The second-order valence-electron chi connectivity index (χ2n) is 3.84. The summed E-state index contributed by atoms with van der Waals surface area (Å²) in [6.45, 7) is 5.68. The van der Waals surface area contributed by atoms with E-state index in [2.05, 4.69) is 0 Å². The van der Waals surface area contributed by atoms with Gasteiger partial charge in [-0.15, -0.1) is 0 Å². The Morgan fingerprint density at radius 3 is 2.93 bits per heavy atom. The van der Waals surface area contributed by atoms with Gasteiger partial charge in [0.1, 0.15) is 5.76 Å². The molecule has 4 heteroatoms. The molecule has 0 aliphatic carbocycles. The Morgan fingerprint density at radius 2 is 2.33 bits per heavy atom. The second-order valence-corrected chi connectivity index (χ2v) is 3.84. The molecular weight excluding hydrogens is 194 g/mol. The van der Waals surface area contributed by atoms with Gasteiger partial charge < -0.3 is 14.1 Å². The zero-order valence-corrected chi connectivity index (χ0v) is 9.03. The first-order valence-electron chi connectivity index (χ1n) is 5.14. The Morgan fingerprint density at radius 1 is 1.53 bits per heavy atom. The molecule has 1 fully saturated rings. The summed E-state index contributed by atoms with van der Waals surface area (Å²) >= 11 is 0. The summed E-state index contributed by atoms with van der Waals surface area (Å²) in [6, 6.07) is 3.52. The molecule has 82 valence electrons. The molecule has 1 aliphatic rings. The Labute approximate surface area is 88.8 Å². The number of rotatable bonds is 1. The fourth-order valence-electron chi connectivity index (χ4n) is 1.71. The van der Waals surface area contributed by atoms with Crippen LogP contribution in [0.5, 0.6) is 0 Å². The van der Waals surface area contributed by atoms with E-state index in [1.807, 2.05) is 13.8 Å². The van der Waals surface area contributed by atoms with Crippen molar-refractivity contribution in [3.05, 3.63) is 23.7 Å². The lowest BCUT2D eigenvalue weighted by Gasteiger charge is -2.30. The molecule has 1 amide bonds. The number of morpholine rings is 1. The maximum atomic E-state index is 11.9. The number of hydrogen-bond acceptors (Lipinski definition) is 3. The van der Waals surface area contributed by atoms with Crippen LogP contribution in [0.1, 0.15) is 23.2 Å². The van der Waals surface area contributed by atoms with E-state index in [0.717, 1.165) is 5.76 Å². The highest BCUT2D eigenvalue weighted by atomic mass is 16.5. The summed E-state index contributed by atoms with van der Waals surface area (Å²) in [4.78, 5) is 13.7. The highest BCUT2D eigenvalue weighted by molar-refractivity contribution is 5.91. The number of aryl methyl sites for hydroxylation is 1. The first kappa shape index (κ1) is 10.2. The minimum absolute atomic E-state index is 0.0433. The van der Waals surface area contributed by atoms with Gasteiger partial charge in [-0.25, -0.2) is 0 Å². The predicted octanol–water partition coefficient (Wildman–Crippen LogP) is 1.45. The van der Waals surface area contributed by atoms with Crippen molar-refractivity contribution in [2.45, 2.75) is 20.0 Å². The SMILES string of the molecule is Cc1ccc(C(=O)N2CCOC(C)C2)o1. The van der Waals surface area contributed by atoms with Crippen LogP contribution in [-0.4, -0.2) is 36.6 Å². The smallest absolute Gasteiger partial charge is 0.289 e. The predicted molar refractivity (Wildman–Crippen MR) is 54.8 cm³/mol. The van der Waals surface area contributed by atoms with Crippen LogP contribution in [0.4, 0.5) is 0 Å². The number of carbonyl (C=O) groups is 1. The van der Waals surface area contributed by atoms with Crippen LogP contribution in [0, 0.1) is 6.92 Å². The van der Waals surface area contributed by atoms with E-state index in [0.29, 0.717) is 25.5 Å². The standard InChI is InChI=1S/C11H15NO3/c1-8-3-4-10(15-8)11(13)12-5-6-14-9(2)7-12/h3-4,9H,5-7H2,1-2H3. The summed E-state index contributed by atoms with van der Waals surface area (Å²) in [6.07, 6.45) is 0.110. The summed E-state index contributed by atoms with van der Waals surface area (Å²) in [5.41, 5.74) is 0. The Hall–Kier alpha value is -1.29. The van der Waals surface area contributed by atoms with Gasteiger partial charge in [0.2, 0.25) is 0 Å². The lowest BCUT2D eigenvalue weighted by atomic mass is 10.3. The molecule has 0 saturated carbocycles. The first-order chi connectivity index (χ1) is 7.16. The van der Waals surface area contributed by atoms with Crippen molar-refractivity contribution in [1.29, 1.82) is 0 Å².